The number of hydrogen-bond acceptors (Lipinski definition) is 3. The molecule has 2 aromatic rings. The molecule has 5 nitrogen and oxygen atoms in total. The number of likely N-dealkylation sites (N-methyl/N-ethyl adjacent to an activating group) is 1. The van der Waals surface area contributed by atoms with Crippen LogP contribution in [0.15, 0.2) is 47.4 Å². The number of aryl methyl sites for hydroxylation is 2. The summed E-state index contributed by atoms with van der Waals surface area (Å²) in [5.74, 6) is -0.767. The Balaban J connectivity index is 2.14. The van der Waals surface area contributed by atoms with Gasteiger partial charge < -0.3 is 5.32 Å². The normalized spacial score (nSPS) is 12.8. The molecule has 1 amide bonds. The maximum Gasteiger partial charge on any atom is 0.243 e. The van der Waals surface area contributed by atoms with Crippen LogP contribution in [0.5, 0.6) is 0 Å². The lowest BCUT2D eigenvalue weighted by molar-refractivity contribution is -0.121. The SMILES string of the molecule is CCN(CC(=O)N[C@H](C)c1ccc(F)cc1)S(=O)(=O)c1cc(C)ccc1C. The lowest BCUT2D eigenvalue weighted by Crippen LogP contribution is -2.41. The molecule has 0 saturated carbocycles. The molecule has 0 saturated heterocycles. The number of carbonyl (C=O) groups is 1. The molecular weight excluding hydrogens is 367 g/mol. The number of carbonyl (C=O) groups excluding carboxylic acids is 1. The zero-order chi connectivity index (χ0) is 20.2. The maximum atomic E-state index is 13.0. The molecule has 0 bridgehead atoms. The average Bonchev–Trinajstić information content (AvgIpc) is 2.61. The standard InChI is InChI=1S/C20H25FN2O3S/c1-5-23(27(25,26)19-12-14(2)6-7-15(19)3)13-20(24)22-16(4)17-8-10-18(21)11-9-17/h6-12,16H,5,13H2,1-4H3,(H,22,24)/t16-/m1/s1. The van der Waals surface area contributed by atoms with E-state index in [0.29, 0.717) is 5.56 Å². The van der Waals surface area contributed by atoms with Crippen LogP contribution in [0, 0.1) is 19.7 Å². The monoisotopic (exact) mass is 392 g/mol. The quantitative estimate of drug-likeness (QED) is 0.786. The van der Waals surface area contributed by atoms with Gasteiger partial charge >= 0.3 is 0 Å². The van der Waals surface area contributed by atoms with Gasteiger partial charge in [-0.2, -0.15) is 4.31 Å². The summed E-state index contributed by atoms with van der Waals surface area (Å²) in [6.07, 6.45) is 0. The van der Waals surface area contributed by atoms with E-state index >= 15 is 0 Å². The summed E-state index contributed by atoms with van der Waals surface area (Å²) in [6.45, 7) is 6.91. The number of sulfonamides is 1. The number of halogens is 1. The average molecular weight is 392 g/mol. The summed E-state index contributed by atoms with van der Waals surface area (Å²) in [6, 6.07) is 10.7. The molecule has 0 aliphatic heterocycles. The Morgan fingerprint density at radius 1 is 1.15 bits per heavy atom. The van der Waals surface area contributed by atoms with Gasteiger partial charge in [-0.05, 0) is 55.7 Å². The van der Waals surface area contributed by atoms with Gasteiger partial charge in [0.25, 0.3) is 0 Å². The highest BCUT2D eigenvalue weighted by Gasteiger charge is 2.27. The van der Waals surface area contributed by atoms with Crippen molar-refractivity contribution in [3.8, 4) is 0 Å². The first-order valence-corrected chi connectivity index (χ1v) is 10.2. The van der Waals surface area contributed by atoms with Crippen LogP contribution >= 0.6 is 0 Å². The second-order valence-electron chi connectivity index (χ2n) is 6.54. The largest absolute Gasteiger partial charge is 0.348 e. The third kappa shape index (κ3) is 5.14. The second kappa shape index (κ2) is 8.63. The van der Waals surface area contributed by atoms with Crippen LogP contribution in [-0.2, 0) is 14.8 Å². The fraction of sp³-hybridized carbons (Fsp3) is 0.350. The van der Waals surface area contributed by atoms with Crippen molar-refractivity contribution in [1.82, 2.24) is 9.62 Å². The van der Waals surface area contributed by atoms with Crippen molar-refractivity contribution < 1.29 is 17.6 Å². The second-order valence-corrected chi connectivity index (χ2v) is 8.45. The third-order valence-electron chi connectivity index (χ3n) is 4.38. The van der Waals surface area contributed by atoms with E-state index in [1.165, 1.54) is 12.1 Å². The zero-order valence-corrected chi connectivity index (χ0v) is 16.8. The van der Waals surface area contributed by atoms with Crippen LogP contribution in [0.3, 0.4) is 0 Å². The van der Waals surface area contributed by atoms with E-state index in [9.17, 15) is 17.6 Å². The molecular formula is C20H25FN2O3S. The smallest absolute Gasteiger partial charge is 0.243 e. The van der Waals surface area contributed by atoms with Crippen molar-refractivity contribution in [2.45, 2.75) is 38.6 Å². The molecule has 0 radical (unpaired) electrons. The van der Waals surface area contributed by atoms with Gasteiger partial charge in [0.2, 0.25) is 15.9 Å². The van der Waals surface area contributed by atoms with Crippen molar-refractivity contribution in [3.63, 3.8) is 0 Å². The first kappa shape index (κ1) is 21.1. The Bertz CT molecular complexity index is 911. The lowest BCUT2D eigenvalue weighted by Gasteiger charge is -2.23. The highest BCUT2D eigenvalue weighted by molar-refractivity contribution is 7.89. The van der Waals surface area contributed by atoms with Crippen molar-refractivity contribution in [2.24, 2.45) is 0 Å². The highest BCUT2D eigenvalue weighted by atomic mass is 32.2. The number of nitrogens with zero attached hydrogens (tertiary/aromatic N) is 1. The van der Waals surface area contributed by atoms with Crippen LogP contribution < -0.4 is 5.32 Å². The van der Waals surface area contributed by atoms with Crippen LogP contribution in [0.25, 0.3) is 0 Å². The van der Waals surface area contributed by atoms with E-state index in [4.69, 9.17) is 0 Å². The number of nitrogens with one attached hydrogen (secondary N) is 1. The molecule has 2 rings (SSSR count). The molecule has 1 atom stereocenters. The summed E-state index contributed by atoms with van der Waals surface area (Å²) >= 11 is 0. The lowest BCUT2D eigenvalue weighted by atomic mass is 10.1. The number of rotatable bonds is 7. The molecule has 0 fully saturated rings. The summed E-state index contributed by atoms with van der Waals surface area (Å²) in [7, 11) is -3.78. The van der Waals surface area contributed by atoms with E-state index in [2.05, 4.69) is 5.32 Å². The molecule has 2 aromatic carbocycles. The van der Waals surface area contributed by atoms with Crippen LogP contribution in [0.1, 0.15) is 36.6 Å². The molecule has 1 N–H and O–H groups in total. The summed E-state index contributed by atoms with van der Waals surface area (Å²) in [4.78, 5) is 12.6. The topological polar surface area (TPSA) is 66.5 Å². The van der Waals surface area contributed by atoms with Crippen molar-refractivity contribution in [1.29, 1.82) is 0 Å². The Morgan fingerprint density at radius 2 is 1.78 bits per heavy atom. The van der Waals surface area contributed by atoms with E-state index in [1.54, 1.807) is 45.0 Å². The number of amides is 1. The Labute approximate surface area is 160 Å². The highest BCUT2D eigenvalue weighted by Crippen LogP contribution is 2.21. The van der Waals surface area contributed by atoms with Crippen molar-refractivity contribution in [2.75, 3.05) is 13.1 Å². The molecule has 0 spiro atoms. The third-order valence-corrected chi connectivity index (χ3v) is 6.44. The van der Waals surface area contributed by atoms with Crippen LogP contribution in [0.4, 0.5) is 4.39 Å². The van der Waals surface area contributed by atoms with Gasteiger partial charge in [0.1, 0.15) is 5.82 Å². The van der Waals surface area contributed by atoms with Gasteiger partial charge in [-0.1, -0.05) is 31.2 Å². The number of benzene rings is 2. The Kier molecular flexibility index (Phi) is 6.73. The first-order chi connectivity index (χ1) is 12.6. The van der Waals surface area contributed by atoms with Gasteiger partial charge in [0.15, 0.2) is 0 Å². The minimum absolute atomic E-state index is 0.175. The predicted molar refractivity (Wildman–Crippen MR) is 103 cm³/mol. The van der Waals surface area contributed by atoms with Gasteiger partial charge in [-0.25, -0.2) is 12.8 Å². The predicted octanol–water partition coefficient (Wildman–Crippen LogP) is 3.33. The maximum absolute atomic E-state index is 13.0. The fourth-order valence-electron chi connectivity index (χ4n) is 2.77. The van der Waals surface area contributed by atoms with Gasteiger partial charge in [0, 0.05) is 6.54 Å². The molecule has 7 heteroatoms. The van der Waals surface area contributed by atoms with Crippen molar-refractivity contribution in [3.05, 3.63) is 65.0 Å². The minimum atomic E-state index is -3.78. The summed E-state index contributed by atoms with van der Waals surface area (Å²) in [5.41, 5.74) is 2.22. The molecule has 0 aromatic heterocycles. The Hall–Kier alpha value is -2.25. The van der Waals surface area contributed by atoms with E-state index in [0.717, 1.165) is 15.4 Å². The van der Waals surface area contributed by atoms with Crippen LogP contribution in [0.2, 0.25) is 0 Å². The van der Waals surface area contributed by atoms with Crippen LogP contribution in [-0.4, -0.2) is 31.7 Å². The van der Waals surface area contributed by atoms with Gasteiger partial charge in [0.05, 0.1) is 17.5 Å². The number of hydrogen-bond donors (Lipinski definition) is 1. The van der Waals surface area contributed by atoms with Gasteiger partial charge in [-0.3, -0.25) is 4.79 Å². The summed E-state index contributed by atoms with van der Waals surface area (Å²) in [5, 5.41) is 2.76. The zero-order valence-electron chi connectivity index (χ0n) is 16.0. The molecule has 0 aliphatic rings. The molecule has 0 aliphatic carbocycles. The molecule has 27 heavy (non-hydrogen) atoms. The molecule has 0 unspecified atom stereocenters. The molecule has 0 heterocycles. The van der Waals surface area contributed by atoms with E-state index < -0.39 is 15.9 Å². The van der Waals surface area contributed by atoms with E-state index in [-0.39, 0.29) is 29.8 Å². The van der Waals surface area contributed by atoms with E-state index in [1.807, 2.05) is 13.0 Å². The molecule has 146 valence electrons. The van der Waals surface area contributed by atoms with Crippen molar-refractivity contribution >= 4 is 15.9 Å². The first-order valence-electron chi connectivity index (χ1n) is 8.77. The fourth-order valence-corrected chi connectivity index (χ4v) is 4.49. The minimum Gasteiger partial charge on any atom is -0.348 e. The summed E-state index contributed by atoms with van der Waals surface area (Å²) < 4.78 is 40.1. The Morgan fingerprint density at radius 3 is 2.37 bits per heavy atom. The van der Waals surface area contributed by atoms with Gasteiger partial charge in [-0.15, -0.1) is 0 Å².